The number of amides is 1. The van der Waals surface area contributed by atoms with E-state index in [1.807, 2.05) is 31.2 Å². The Morgan fingerprint density at radius 3 is 2.27 bits per heavy atom. The SMILES string of the molecule is CCCOc1ccc(/C(O)=C2\C(=O)C(=O)N(c3ccc(N4CCCC4)cc3)C2c2cccc(O)c2)cc1. The summed E-state index contributed by atoms with van der Waals surface area (Å²) in [5.74, 6) is -1.12. The second-order valence-corrected chi connectivity index (χ2v) is 9.35. The lowest BCUT2D eigenvalue weighted by Gasteiger charge is -2.26. The summed E-state index contributed by atoms with van der Waals surface area (Å²) in [5.41, 5.74) is 2.50. The van der Waals surface area contributed by atoms with E-state index in [1.165, 1.54) is 17.0 Å². The molecular formula is C30H30N2O5. The number of anilines is 2. The minimum atomic E-state index is -0.902. The van der Waals surface area contributed by atoms with Gasteiger partial charge in [0, 0.05) is 30.0 Å². The van der Waals surface area contributed by atoms with E-state index in [0.717, 1.165) is 38.0 Å². The monoisotopic (exact) mass is 498 g/mol. The molecule has 1 amide bonds. The van der Waals surface area contributed by atoms with Gasteiger partial charge < -0.3 is 19.8 Å². The molecule has 2 N–H and O–H groups in total. The average molecular weight is 499 g/mol. The zero-order valence-corrected chi connectivity index (χ0v) is 20.8. The van der Waals surface area contributed by atoms with Crippen LogP contribution in [0.25, 0.3) is 5.76 Å². The summed E-state index contributed by atoms with van der Waals surface area (Å²) in [7, 11) is 0. The number of aromatic hydroxyl groups is 1. The van der Waals surface area contributed by atoms with Gasteiger partial charge in [-0.2, -0.15) is 0 Å². The lowest BCUT2D eigenvalue weighted by molar-refractivity contribution is -0.132. The van der Waals surface area contributed by atoms with Crippen LogP contribution >= 0.6 is 0 Å². The molecule has 7 nitrogen and oxygen atoms in total. The van der Waals surface area contributed by atoms with Crippen molar-refractivity contribution < 1.29 is 24.5 Å². The number of rotatable bonds is 7. The fourth-order valence-electron chi connectivity index (χ4n) is 4.99. The lowest BCUT2D eigenvalue weighted by atomic mass is 9.95. The molecule has 2 saturated heterocycles. The quantitative estimate of drug-likeness (QED) is 0.257. The minimum Gasteiger partial charge on any atom is -0.508 e. The smallest absolute Gasteiger partial charge is 0.300 e. The molecule has 37 heavy (non-hydrogen) atoms. The maximum absolute atomic E-state index is 13.4. The van der Waals surface area contributed by atoms with Gasteiger partial charge in [-0.15, -0.1) is 0 Å². The van der Waals surface area contributed by atoms with Gasteiger partial charge in [-0.3, -0.25) is 14.5 Å². The number of carbonyl (C=O) groups is 2. The zero-order chi connectivity index (χ0) is 25.9. The lowest BCUT2D eigenvalue weighted by Crippen LogP contribution is -2.29. The molecular weight excluding hydrogens is 468 g/mol. The Bertz CT molecular complexity index is 1320. The van der Waals surface area contributed by atoms with Gasteiger partial charge in [0.25, 0.3) is 11.7 Å². The van der Waals surface area contributed by atoms with Crippen LogP contribution in [-0.2, 0) is 9.59 Å². The Balaban J connectivity index is 1.57. The van der Waals surface area contributed by atoms with Gasteiger partial charge in [0.2, 0.25) is 0 Å². The van der Waals surface area contributed by atoms with Crippen molar-refractivity contribution in [1.29, 1.82) is 0 Å². The normalized spacial score (nSPS) is 19.0. The standard InChI is InChI=1S/C30H30N2O5/c1-2-18-37-25-14-8-20(9-15-25)28(34)26-27(21-6-5-7-24(33)19-21)32(30(36)29(26)35)23-12-10-22(11-13-23)31-16-3-4-17-31/h5-15,19,27,33-34H,2-4,16-18H2,1H3/b28-26+. The van der Waals surface area contributed by atoms with Crippen molar-refractivity contribution in [3.63, 3.8) is 0 Å². The largest absolute Gasteiger partial charge is 0.508 e. The van der Waals surface area contributed by atoms with Crippen molar-refractivity contribution in [2.24, 2.45) is 0 Å². The highest BCUT2D eigenvalue weighted by Gasteiger charge is 2.47. The van der Waals surface area contributed by atoms with Crippen LogP contribution in [0.3, 0.4) is 0 Å². The highest BCUT2D eigenvalue weighted by molar-refractivity contribution is 6.51. The van der Waals surface area contributed by atoms with Crippen molar-refractivity contribution in [2.75, 3.05) is 29.5 Å². The number of ether oxygens (including phenoxy) is 1. The van der Waals surface area contributed by atoms with Gasteiger partial charge in [-0.25, -0.2) is 0 Å². The van der Waals surface area contributed by atoms with Crippen molar-refractivity contribution in [1.82, 2.24) is 0 Å². The summed E-state index contributed by atoms with van der Waals surface area (Å²) in [5, 5.41) is 21.5. The number of phenols is 1. The molecule has 2 aliphatic rings. The van der Waals surface area contributed by atoms with Crippen LogP contribution in [-0.4, -0.2) is 41.6 Å². The maximum atomic E-state index is 13.4. The Morgan fingerprint density at radius 2 is 1.62 bits per heavy atom. The third kappa shape index (κ3) is 4.77. The molecule has 2 fully saturated rings. The number of aliphatic hydroxyl groups is 1. The number of benzene rings is 3. The molecule has 2 aliphatic heterocycles. The predicted octanol–water partition coefficient (Wildman–Crippen LogP) is 5.41. The van der Waals surface area contributed by atoms with Crippen LogP contribution < -0.4 is 14.5 Å². The summed E-state index contributed by atoms with van der Waals surface area (Å²) in [6, 6.07) is 19.9. The molecule has 1 atom stereocenters. The molecule has 0 spiro atoms. The Kier molecular flexibility index (Phi) is 6.86. The van der Waals surface area contributed by atoms with Crippen molar-refractivity contribution in [2.45, 2.75) is 32.2 Å². The van der Waals surface area contributed by atoms with Gasteiger partial charge in [0.1, 0.15) is 17.3 Å². The summed E-state index contributed by atoms with van der Waals surface area (Å²) in [6.07, 6.45) is 3.17. The third-order valence-corrected chi connectivity index (χ3v) is 6.83. The minimum absolute atomic E-state index is 0.00453. The molecule has 0 saturated carbocycles. The van der Waals surface area contributed by atoms with Crippen LogP contribution in [0.5, 0.6) is 11.5 Å². The molecule has 0 bridgehead atoms. The zero-order valence-electron chi connectivity index (χ0n) is 20.8. The number of ketones is 1. The highest BCUT2D eigenvalue weighted by atomic mass is 16.5. The van der Waals surface area contributed by atoms with E-state index in [1.54, 1.807) is 36.4 Å². The first-order valence-corrected chi connectivity index (χ1v) is 12.7. The van der Waals surface area contributed by atoms with Gasteiger partial charge in [-0.05, 0) is 85.5 Å². The van der Waals surface area contributed by atoms with Crippen LogP contribution in [0.4, 0.5) is 11.4 Å². The molecule has 3 aromatic rings. The molecule has 5 rings (SSSR count). The summed E-state index contributed by atoms with van der Waals surface area (Å²) >= 11 is 0. The van der Waals surface area contributed by atoms with Gasteiger partial charge in [0.05, 0.1) is 18.2 Å². The van der Waals surface area contributed by atoms with E-state index < -0.39 is 17.7 Å². The van der Waals surface area contributed by atoms with E-state index in [2.05, 4.69) is 4.90 Å². The molecule has 0 radical (unpaired) electrons. The van der Waals surface area contributed by atoms with Crippen LogP contribution in [0, 0.1) is 0 Å². The first kappa shape index (κ1) is 24.4. The topological polar surface area (TPSA) is 90.3 Å². The molecule has 7 heteroatoms. The maximum Gasteiger partial charge on any atom is 0.300 e. The number of hydrogen-bond acceptors (Lipinski definition) is 6. The van der Waals surface area contributed by atoms with E-state index in [-0.39, 0.29) is 17.1 Å². The second kappa shape index (κ2) is 10.4. The summed E-state index contributed by atoms with van der Waals surface area (Å²) in [4.78, 5) is 30.4. The van der Waals surface area contributed by atoms with Crippen molar-refractivity contribution >= 4 is 28.8 Å². The molecule has 2 heterocycles. The average Bonchev–Trinajstić information content (AvgIpc) is 3.55. The molecule has 0 aliphatic carbocycles. The van der Waals surface area contributed by atoms with E-state index >= 15 is 0 Å². The van der Waals surface area contributed by atoms with Crippen LogP contribution in [0.2, 0.25) is 0 Å². The van der Waals surface area contributed by atoms with E-state index in [9.17, 15) is 19.8 Å². The molecule has 190 valence electrons. The fourth-order valence-corrected chi connectivity index (χ4v) is 4.99. The highest BCUT2D eigenvalue weighted by Crippen LogP contribution is 2.43. The molecule has 1 unspecified atom stereocenters. The van der Waals surface area contributed by atoms with Gasteiger partial charge in [-0.1, -0.05) is 19.1 Å². The second-order valence-electron chi connectivity index (χ2n) is 9.35. The third-order valence-electron chi connectivity index (χ3n) is 6.83. The Morgan fingerprint density at radius 1 is 0.946 bits per heavy atom. The van der Waals surface area contributed by atoms with E-state index in [0.29, 0.717) is 29.2 Å². The van der Waals surface area contributed by atoms with Crippen LogP contribution in [0.1, 0.15) is 43.4 Å². The predicted molar refractivity (Wildman–Crippen MR) is 143 cm³/mol. The Labute approximate surface area is 216 Å². The van der Waals surface area contributed by atoms with E-state index in [4.69, 9.17) is 4.74 Å². The molecule has 3 aromatic carbocycles. The number of aliphatic hydroxyl groups excluding tert-OH is 1. The number of carbonyl (C=O) groups excluding carboxylic acids is 2. The number of phenolic OH excluding ortho intramolecular Hbond substituents is 1. The Hall–Kier alpha value is -4.26. The number of hydrogen-bond donors (Lipinski definition) is 2. The van der Waals surface area contributed by atoms with Crippen molar-refractivity contribution in [3.05, 3.63) is 89.5 Å². The van der Waals surface area contributed by atoms with Gasteiger partial charge >= 0.3 is 0 Å². The summed E-state index contributed by atoms with van der Waals surface area (Å²) < 4.78 is 5.62. The van der Waals surface area contributed by atoms with Gasteiger partial charge in [0.15, 0.2) is 0 Å². The van der Waals surface area contributed by atoms with Crippen molar-refractivity contribution in [3.8, 4) is 11.5 Å². The molecule has 0 aromatic heterocycles. The summed E-state index contributed by atoms with van der Waals surface area (Å²) in [6.45, 7) is 4.58. The number of nitrogens with zero attached hydrogens (tertiary/aromatic N) is 2. The first-order valence-electron chi connectivity index (χ1n) is 12.7. The fraction of sp³-hybridized carbons (Fsp3) is 0.267. The van der Waals surface area contributed by atoms with Crippen LogP contribution in [0.15, 0.2) is 78.4 Å². The number of Topliss-reactive ketones (excluding diaryl/α,β-unsaturated/α-hetero) is 1. The first-order chi connectivity index (χ1) is 18.0.